The Morgan fingerprint density at radius 2 is 2.17 bits per heavy atom. The second-order valence-electron chi connectivity index (χ2n) is 7.98. The molecule has 2 aliphatic rings. The SMILES string of the molecule is Cc1cnc(-n2ncc(C(=O)NC[C@@H]3C[C@H]4C=C[C@@H]3C4)c2C)nc1-c1cccs1. The highest BCUT2D eigenvalue weighted by Crippen LogP contribution is 2.43. The van der Waals surface area contributed by atoms with Gasteiger partial charge in [0.05, 0.1) is 28.0 Å². The van der Waals surface area contributed by atoms with Crippen LogP contribution in [0.3, 0.4) is 0 Å². The summed E-state index contributed by atoms with van der Waals surface area (Å²) in [6.45, 7) is 4.60. The summed E-state index contributed by atoms with van der Waals surface area (Å²) in [6, 6.07) is 4.05. The van der Waals surface area contributed by atoms with Crippen molar-refractivity contribution in [3.63, 3.8) is 0 Å². The minimum atomic E-state index is -0.0777. The van der Waals surface area contributed by atoms with Gasteiger partial charge in [-0.15, -0.1) is 11.3 Å². The lowest BCUT2D eigenvalue weighted by atomic mass is 9.93. The number of allylic oxidation sites excluding steroid dienone is 2. The van der Waals surface area contributed by atoms with Gasteiger partial charge in [-0.1, -0.05) is 18.2 Å². The van der Waals surface area contributed by atoms with Crippen LogP contribution in [-0.4, -0.2) is 32.2 Å². The Hall–Kier alpha value is -2.80. The van der Waals surface area contributed by atoms with E-state index in [1.807, 2.05) is 31.4 Å². The number of carbonyl (C=O) groups is 1. The average Bonchev–Trinajstić information content (AvgIpc) is 3.51. The van der Waals surface area contributed by atoms with Gasteiger partial charge < -0.3 is 5.32 Å². The molecule has 0 radical (unpaired) electrons. The Bertz CT molecular complexity index is 1080. The van der Waals surface area contributed by atoms with E-state index in [2.05, 4.69) is 27.6 Å². The summed E-state index contributed by atoms with van der Waals surface area (Å²) in [4.78, 5) is 23.0. The lowest BCUT2D eigenvalue weighted by Crippen LogP contribution is -2.31. The zero-order chi connectivity index (χ0) is 20.0. The molecule has 1 fully saturated rings. The van der Waals surface area contributed by atoms with Crippen LogP contribution >= 0.6 is 11.3 Å². The van der Waals surface area contributed by atoms with Gasteiger partial charge in [0.15, 0.2) is 0 Å². The number of nitrogens with one attached hydrogen (secondary N) is 1. The molecule has 3 aromatic rings. The van der Waals surface area contributed by atoms with Gasteiger partial charge in [0.25, 0.3) is 11.9 Å². The summed E-state index contributed by atoms with van der Waals surface area (Å²) in [5.41, 5.74) is 3.23. The van der Waals surface area contributed by atoms with Crippen molar-refractivity contribution in [2.24, 2.45) is 17.8 Å². The first-order valence-electron chi connectivity index (χ1n) is 9.99. The van der Waals surface area contributed by atoms with E-state index in [-0.39, 0.29) is 5.91 Å². The summed E-state index contributed by atoms with van der Waals surface area (Å²) in [6.07, 6.45) is 10.5. The van der Waals surface area contributed by atoms with Crippen LogP contribution in [0, 0.1) is 31.6 Å². The molecule has 148 valence electrons. The third-order valence-electron chi connectivity index (χ3n) is 6.10. The molecule has 2 aliphatic carbocycles. The maximum absolute atomic E-state index is 12.8. The molecule has 1 N–H and O–H groups in total. The molecule has 0 spiro atoms. The topological polar surface area (TPSA) is 72.7 Å². The van der Waals surface area contributed by atoms with Crippen molar-refractivity contribution in [3.8, 4) is 16.5 Å². The molecule has 2 bridgehead atoms. The normalized spacial score (nSPS) is 22.3. The molecule has 5 rings (SSSR count). The molecule has 3 aromatic heterocycles. The summed E-state index contributed by atoms with van der Waals surface area (Å²) in [5.74, 6) is 2.29. The summed E-state index contributed by atoms with van der Waals surface area (Å²) in [5, 5.41) is 9.54. The number of hydrogen-bond donors (Lipinski definition) is 1. The van der Waals surface area contributed by atoms with E-state index in [9.17, 15) is 4.79 Å². The lowest BCUT2D eigenvalue weighted by Gasteiger charge is -2.18. The standard InChI is InChI=1S/C22H23N5OS/c1-13-10-24-22(26-20(13)19-4-3-7-29-19)27-14(2)18(12-25-27)21(28)23-11-17-9-15-5-6-16(17)8-15/h3-7,10,12,15-17H,8-9,11H2,1-2H3,(H,23,28)/t15-,16+,17-/m0/s1. The van der Waals surface area contributed by atoms with Crippen LogP contribution in [-0.2, 0) is 0 Å². The highest BCUT2D eigenvalue weighted by Gasteiger charge is 2.35. The molecule has 29 heavy (non-hydrogen) atoms. The number of thiophene rings is 1. The second kappa shape index (κ2) is 7.22. The highest BCUT2D eigenvalue weighted by atomic mass is 32.1. The lowest BCUT2D eigenvalue weighted by molar-refractivity contribution is 0.0944. The molecule has 0 saturated heterocycles. The third-order valence-corrected chi connectivity index (χ3v) is 6.98. The van der Waals surface area contributed by atoms with E-state index in [4.69, 9.17) is 4.98 Å². The van der Waals surface area contributed by atoms with Gasteiger partial charge in [0, 0.05) is 12.7 Å². The Morgan fingerprint density at radius 1 is 1.28 bits per heavy atom. The van der Waals surface area contributed by atoms with Crippen molar-refractivity contribution < 1.29 is 4.79 Å². The van der Waals surface area contributed by atoms with E-state index in [1.54, 1.807) is 28.4 Å². The molecule has 0 unspecified atom stereocenters. The number of nitrogens with zero attached hydrogens (tertiary/aromatic N) is 4. The van der Waals surface area contributed by atoms with Gasteiger partial charge in [-0.3, -0.25) is 4.79 Å². The van der Waals surface area contributed by atoms with Crippen LogP contribution in [0.15, 0.2) is 42.1 Å². The maximum atomic E-state index is 12.8. The zero-order valence-electron chi connectivity index (χ0n) is 16.5. The fraction of sp³-hybridized carbons (Fsp3) is 0.364. The van der Waals surface area contributed by atoms with Gasteiger partial charge in [0.2, 0.25) is 0 Å². The fourth-order valence-electron chi connectivity index (χ4n) is 4.48. The van der Waals surface area contributed by atoms with E-state index in [0.29, 0.717) is 29.3 Å². The molecular weight excluding hydrogens is 382 g/mol. The number of amides is 1. The zero-order valence-corrected chi connectivity index (χ0v) is 17.3. The van der Waals surface area contributed by atoms with E-state index < -0.39 is 0 Å². The molecule has 3 heterocycles. The Balaban J connectivity index is 1.35. The first kappa shape index (κ1) is 18.2. The highest BCUT2D eigenvalue weighted by molar-refractivity contribution is 7.13. The van der Waals surface area contributed by atoms with E-state index in [0.717, 1.165) is 28.4 Å². The van der Waals surface area contributed by atoms with Gasteiger partial charge in [0.1, 0.15) is 0 Å². The van der Waals surface area contributed by atoms with Gasteiger partial charge in [-0.05, 0) is 61.5 Å². The third kappa shape index (κ3) is 3.29. The Kier molecular flexibility index (Phi) is 4.54. The quantitative estimate of drug-likeness (QED) is 0.653. The van der Waals surface area contributed by atoms with Crippen LogP contribution in [0.5, 0.6) is 0 Å². The number of aryl methyl sites for hydroxylation is 1. The predicted molar refractivity (Wildman–Crippen MR) is 113 cm³/mol. The number of aromatic nitrogens is 4. The van der Waals surface area contributed by atoms with E-state index >= 15 is 0 Å². The molecule has 6 nitrogen and oxygen atoms in total. The minimum absolute atomic E-state index is 0.0777. The average molecular weight is 406 g/mol. The van der Waals surface area contributed by atoms with Crippen LogP contribution in [0.4, 0.5) is 0 Å². The predicted octanol–water partition coefficient (Wildman–Crippen LogP) is 3.95. The smallest absolute Gasteiger partial charge is 0.254 e. The molecule has 0 aliphatic heterocycles. The summed E-state index contributed by atoms with van der Waals surface area (Å²) < 4.78 is 1.64. The number of rotatable bonds is 5. The Labute approximate surface area is 173 Å². The van der Waals surface area contributed by atoms with E-state index in [1.165, 1.54) is 12.8 Å². The molecule has 7 heteroatoms. The van der Waals surface area contributed by atoms with Gasteiger partial charge >= 0.3 is 0 Å². The van der Waals surface area contributed by atoms with Crippen molar-refractivity contribution in [1.82, 2.24) is 25.1 Å². The van der Waals surface area contributed by atoms with Gasteiger partial charge in [-0.25, -0.2) is 14.6 Å². The van der Waals surface area contributed by atoms with Crippen LogP contribution in [0.2, 0.25) is 0 Å². The van der Waals surface area contributed by atoms with Gasteiger partial charge in [-0.2, -0.15) is 5.10 Å². The molecule has 1 saturated carbocycles. The summed E-state index contributed by atoms with van der Waals surface area (Å²) >= 11 is 1.64. The minimum Gasteiger partial charge on any atom is -0.352 e. The van der Waals surface area contributed by atoms with Crippen molar-refractivity contribution in [2.75, 3.05) is 6.54 Å². The van der Waals surface area contributed by atoms with Crippen molar-refractivity contribution in [2.45, 2.75) is 26.7 Å². The maximum Gasteiger partial charge on any atom is 0.254 e. The first-order chi connectivity index (χ1) is 14.1. The van der Waals surface area contributed by atoms with Crippen molar-refractivity contribution in [1.29, 1.82) is 0 Å². The van der Waals surface area contributed by atoms with Crippen LogP contribution < -0.4 is 5.32 Å². The second-order valence-corrected chi connectivity index (χ2v) is 8.93. The first-order valence-corrected chi connectivity index (χ1v) is 10.9. The monoisotopic (exact) mass is 405 g/mol. The Morgan fingerprint density at radius 3 is 2.90 bits per heavy atom. The van der Waals surface area contributed by atoms with Crippen LogP contribution in [0.1, 0.15) is 34.5 Å². The number of carbonyl (C=O) groups excluding carboxylic acids is 1. The summed E-state index contributed by atoms with van der Waals surface area (Å²) in [7, 11) is 0. The largest absolute Gasteiger partial charge is 0.352 e. The molecule has 3 atom stereocenters. The van der Waals surface area contributed by atoms with Crippen molar-refractivity contribution >= 4 is 17.2 Å². The molecule has 0 aromatic carbocycles. The molecular formula is C22H23N5OS. The fourth-order valence-corrected chi connectivity index (χ4v) is 5.26. The van der Waals surface area contributed by atoms with Crippen molar-refractivity contribution in [3.05, 3.63) is 58.9 Å². The van der Waals surface area contributed by atoms with Crippen LogP contribution in [0.25, 0.3) is 16.5 Å². The number of fused-ring (bicyclic) bond motifs is 2. The molecule has 1 amide bonds. The number of hydrogen-bond acceptors (Lipinski definition) is 5.